The molecule has 1 rings (SSSR count). The van der Waals surface area contributed by atoms with Crippen molar-refractivity contribution in [3.05, 3.63) is 35.6 Å². The Morgan fingerprint density at radius 1 is 1.33 bits per heavy atom. The topological polar surface area (TPSA) is 20.3 Å². The number of alkyl halides is 3. The molecule has 0 atom stereocenters. The number of benzene rings is 1. The fourth-order valence-corrected chi connectivity index (χ4v) is 1.71. The molecule has 0 aliphatic carbocycles. The molecule has 0 radical (unpaired) electrons. The first kappa shape index (κ1) is 14.8. The van der Waals surface area contributed by atoms with Gasteiger partial charge in [-0.15, -0.1) is 11.6 Å². The maximum Gasteiger partial charge on any atom is 0.255 e. The summed E-state index contributed by atoms with van der Waals surface area (Å²) in [6, 6.07) is 5.76. The normalized spacial score (nSPS) is 10.7. The smallest absolute Gasteiger partial charge is 0.255 e. The van der Waals surface area contributed by atoms with Gasteiger partial charge in [0.2, 0.25) is 5.91 Å². The van der Waals surface area contributed by atoms with E-state index in [0.29, 0.717) is 0 Å². The maximum atomic E-state index is 13.3. The van der Waals surface area contributed by atoms with Crippen LogP contribution < -0.4 is 0 Å². The summed E-state index contributed by atoms with van der Waals surface area (Å²) >= 11 is 5.45. The highest BCUT2D eigenvalue weighted by Gasteiger charge is 2.18. The molecular weight excluding hydrogens is 267 g/mol. The van der Waals surface area contributed by atoms with Gasteiger partial charge in [-0.25, -0.2) is 13.2 Å². The molecule has 0 aromatic heterocycles. The van der Waals surface area contributed by atoms with Gasteiger partial charge in [0.15, 0.2) is 0 Å². The molecule has 0 unspecified atom stereocenters. The molecule has 0 N–H and O–H groups in total. The van der Waals surface area contributed by atoms with E-state index in [1.807, 2.05) is 0 Å². The van der Waals surface area contributed by atoms with Crippen LogP contribution in [-0.4, -0.2) is 36.2 Å². The van der Waals surface area contributed by atoms with Crippen molar-refractivity contribution in [2.75, 3.05) is 19.0 Å². The van der Waals surface area contributed by atoms with E-state index in [0.717, 1.165) is 4.90 Å². The number of carbonyl (C=O) groups excluding carboxylic acids is 1. The van der Waals surface area contributed by atoms with Crippen molar-refractivity contribution < 1.29 is 18.0 Å². The summed E-state index contributed by atoms with van der Waals surface area (Å²) in [5.74, 6) is -1.01. The largest absolute Gasteiger partial charge is 0.335 e. The first-order valence-electron chi connectivity index (χ1n) is 5.40. The summed E-state index contributed by atoms with van der Waals surface area (Å²) < 4.78 is 37.9. The lowest BCUT2D eigenvalue weighted by Crippen LogP contribution is -2.37. The molecule has 1 aromatic carbocycles. The van der Waals surface area contributed by atoms with Crippen LogP contribution in [0.2, 0.25) is 0 Å². The third-order valence-electron chi connectivity index (χ3n) is 2.37. The zero-order valence-electron chi connectivity index (χ0n) is 9.58. The van der Waals surface area contributed by atoms with Crippen LogP contribution in [0.25, 0.3) is 0 Å². The highest BCUT2D eigenvalue weighted by Crippen LogP contribution is 2.10. The fraction of sp³-hybridized carbons (Fsp3) is 0.417. The summed E-state index contributed by atoms with van der Waals surface area (Å²) in [6.45, 7) is -0.654. The van der Waals surface area contributed by atoms with E-state index in [-0.39, 0.29) is 24.4 Å². The standard InChI is InChI=1S/C12H13ClF3NO/c13-5-6-17(8-11(15)16)12(18)7-9-3-1-2-4-10(9)14/h1-4,11H,5-8H2. The van der Waals surface area contributed by atoms with Gasteiger partial charge in [-0.1, -0.05) is 18.2 Å². The summed E-state index contributed by atoms with van der Waals surface area (Å²) in [4.78, 5) is 12.7. The van der Waals surface area contributed by atoms with Gasteiger partial charge in [-0.3, -0.25) is 4.79 Å². The Balaban J connectivity index is 2.69. The Bertz CT molecular complexity index is 401. The number of hydrogen-bond donors (Lipinski definition) is 0. The predicted octanol–water partition coefficient (Wildman–Crippen LogP) is 2.70. The van der Waals surface area contributed by atoms with E-state index >= 15 is 0 Å². The number of halogens is 4. The van der Waals surface area contributed by atoms with Crippen molar-refractivity contribution >= 4 is 17.5 Å². The van der Waals surface area contributed by atoms with Gasteiger partial charge in [-0.2, -0.15) is 0 Å². The van der Waals surface area contributed by atoms with Crippen LogP contribution >= 0.6 is 11.6 Å². The third kappa shape index (κ3) is 4.56. The number of carbonyl (C=O) groups is 1. The lowest BCUT2D eigenvalue weighted by molar-refractivity contribution is -0.132. The SMILES string of the molecule is O=C(Cc1ccccc1F)N(CCCl)CC(F)F. The van der Waals surface area contributed by atoms with Gasteiger partial charge in [0.25, 0.3) is 6.43 Å². The van der Waals surface area contributed by atoms with Crippen LogP contribution in [0.4, 0.5) is 13.2 Å². The molecule has 0 saturated carbocycles. The minimum atomic E-state index is -2.63. The molecule has 18 heavy (non-hydrogen) atoms. The minimum absolute atomic E-state index is 0.0270. The Kier molecular flexibility index (Phi) is 5.98. The maximum absolute atomic E-state index is 13.3. The lowest BCUT2D eigenvalue weighted by Gasteiger charge is -2.21. The third-order valence-corrected chi connectivity index (χ3v) is 2.53. The predicted molar refractivity (Wildman–Crippen MR) is 63.4 cm³/mol. The van der Waals surface area contributed by atoms with Gasteiger partial charge in [0.05, 0.1) is 13.0 Å². The number of hydrogen-bond acceptors (Lipinski definition) is 1. The quantitative estimate of drug-likeness (QED) is 0.733. The highest BCUT2D eigenvalue weighted by atomic mass is 35.5. The van der Waals surface area contributed by atoms with E-state index < -0.39 is 24.7 Å². The average Bonchev–Trinajstić information content (AvgIpc) is 2.31. The molecule has 1 aromatic rings. The molecule has 100 valence electrons. The second-order valence-corrected chi connectivity index (χ2v) is 4.07. The summed E-state index contributed by atoms with van der Waals surface area (Å²) in [6.07, 6.45) is -2.87. The summed E-state index contributed by atoms with van der Waals surface area (Å²) in [5, 5.41) is 0. The molecule has 2 nitrogen and oxygen atoms in total. The van der Waals surface area contributed by atoms with E-state index in [9.17, 15) is 18.0 Å². The molecule has 0 aliphatic heterocycles. The van der Waals surface area contributed by atoms with Crippen molar-refractivity contribution in [2.45, 2.75) is 12.8 Å². The van der Waals surface area contributed by atoms with Crippen LogP contribution in [0.15, 0.2) is 24.3 Å². The summed E-state index contributed by atoms with van der Waals surface area (Å²) in [5.41, 5.74) is 0.191. The molecule has 6 heteroatoms. The van der Waals surface area contributed by atoms with Gasteiger partial charge < -0.3 is 4.90 Å². The van der Waals surface area contributed by atoms with Gasteiger partial charge >= 0.3 is 0 Å². The van der Waals surface area contributed by atoms with Gasteiger partial charge in [-0.05, 0) is 11.6 Å². The monoisotopic (exact) mass is 279 g/mol. The molecule has 0 heterocycles. The highest BCUT2D eigenvalue weighted by molar-refractivity contribution is 6.18. The lowest BCUT2D eigenvalue weighted by atomic mass is 10.1. The Morgan fingerprint density at radius 2 is 2.00 bits per heavy atom. The van der Waals surface area contributed by atoms with E-state index in [4.69, 9.17) is 11.6 Å². The first-order valence-corrected chi connectivity index (χ1v) is 5.93. The van der Waals surface area contributed by atoms with E-state index in [1.54, 1.807) is 6.07 Å². The Morgan fingerprint density at radius 3 is 2.56 bits per heavy atom. The van der Waals surface area contributed by atoms with Crippen molar-refractivity contribution in [3.8, 4) is 0 Å². The van der Waals surface area contributed by atoms with E-state index in [2.05, 4.69) is 0 Å². The van der Waals surface area contributed by atoms with Crippen molar-refractivity contribution in [2.24, 2.45) is 0 Å². The second kappa shape index (κ2) is 7.26. The summed E-state index contributed by atoms with van der Waals surface area (Å²) in [7, 11) is 0. The van der Waals surface area contributed by atoms with Gasteiger partial charge in [0.1, 0.15) is 5.82 Å². The van der Waals surface area contributed by atoms with Crippen LogP contribution in [0.3, 0.4) is 0 Å². The minimum Gasteiger partial charge on any atom is -0.335 e. The zero-order valence-corrected chi connectivity index (χ0v) is 10.3. The molecule has 0 spiro atoms. The van der Waals surface area contributed by atoms with Crippen LogP contribution in [0, 0.1) is 5.82 Å². The number of amides is 1. The Labute approximate surface area is 108 Å². The fourth-order valence-electron chi connectivity index (χ4n) is 1.50. The molecule has 1 amide bonds. The van der Waals surface area contributed by atoms with Gasteiger partial charge in [0, 0.05) is 12.4 Å². The molecular formula is C12H13ClF3NO. The zero-order chi connectivity index (χ0) is 13.5. The average molecular weight is 280 g/mol. The van der Waals surface area contributed by atoms with Crippen molar-refractivity contribution in [1.82, 2.24) is 4.90 Å². The molecule has 0 bridgehead atoms. The number of rotatable bonds is 6. The van der Waals surface area contributed by atoms with Crippen LogP contribution in [0.5, 0.6) is 0 Å². The van der Waals surface area contributed by atoms with Crippen molar-refractivity contribution in [1.29, 1.82) is 0 Å². The van der Waals surface area contributed by atoms with Crippen molar-refractivity contribution in [3.63, 3.8) is 0 Å². The van der Waals surface area contributed by atoms with Crippen LogP contribution in [-0.2, 0) is 11.2 Å². The first-order chi connectivity index (χ1) is 8.54. The molecule has 0 aliphatic rings. The second-order valence-electron chi connectivity index (χ2n) is 3.69. The number of nitrogens with zero attached hydrogens (tertiary/aromatic N) is 1. The van der Waals surface area contributed by atoms with Crippen LogP contribution in [0.1, 0.15) is 5.56 Å². The molecule has 0 fully saturated rings. The van der Waals surface area contributed by atoms with E-state index in [1.165, 1.54) is 18.2 Å². The Hall–Kier alpha value is -1.23. The molecule has 0 saturated heterocycles.